The van der Waals surface area contributed by atoms with Crippen molar-refractivity contribution in [1.82, 2.24) is 9.80 Å². The molecule has 1 saturated heterocycles. The van der Waals surface area contributed by atoms with Crippen molar-refractivity contribution in [3.63, 3.8) is 0 Å². The van der Waals surface area contributed by atoms with E-state index in [1.165, 1.54) is 0 Å². The van der Waals surface area contributed by atoms with E-state index in [1.54, 1.807) is 30.6 Å². The van der Waals surface area contributed by atoms with Gasteiger partial charge < -0.3 is 20.3 Å². The van der Waals surface area contributed by atoms with Crippen molar-refractivity contribution in [3.05, 3.63) is 29.3 Å². The van der Waals surface area contributed by atoms with Crippen LogP contribution in [0.2, 0.25) is 0 Å². The normalized spacial score (nSPS) is 17.6. The lowest BCUT2D eigenvalue weighted by Gasteiger charge is -2.40. The fourth-order valence-corrected chi connectivity index (χ4v) is 3.58. The number of piperidine rings is 1. The van der Waals surface area contributed by atoms with Crippen LogP contribution in [0.3, 0.4) is 0 Å². The van der Waals surface area contributed by atoms with Gasteiger partial charge in [-0.15, -0.1) is 0 Å². The summed E-state index contributed by atoms with van der Waals surface area (Å²) < 4.78 is 44.3. The third-order valence-corrected chi connectivity index (χ3v) is 4.92. The average molecular weight is 444 g/mol. The predicted molar refractivity (Wildman–Crippen MR) is 113 cm³/mol. The summed E-state index contributed by atoms with van der Waals surface area (Å²) in [7, 11) is 0. The highest BCUT2D eigenvalue weighted by molar-refractivity contribution is 5.99. The zero-order chi connectivity index (χ0) is 23.6. The molecule has 0 bridgehead atoms. The Hall–Kier alpha value is -2.45. The van der Waals surface area contributed by atoms with Crippen molar-refractivity contribution in [2.24, 2.45) is 5.92 Å². The van der Waals surface area contributed by atoms with Gasteiger partial charge in [-0.2, -0.15) is 13.2 Å². The van der Waals surface area contributed by atoms with Crippen molar-refractivity contribution in [3.8, 4) is 0 Å². The minimum atomic E-state index is -4.54. The second kappa shape index (κ2) is 9.36. The van der Waals surface area contributed by atoms with E-state index in [0.29, 0.717) is 32.5 Å². The van der Waals surface area contributed by atoms with Gasteiger partial charge in [0.1, 0.15) is 5.60 Å². The van der Waals surface area contributed by atoms with Crippen molar-refractivity contribution in [2.45, 2.75) is 65.3 Å². The molecule has 1 atom stereocenters. The molecule has 174 valence electrons. The van der Waals surface area contributed by atoms with Gasteiger partial charge in [0, 0.05) is 31.4 Å². The van der Waals surface area contributed by atoms with Gasteiger partial charge in [0.05, 0.1) is 11.1 Å². The van der Waals surface area contributed by atoms with Gasteiger partial charge in [-0.3, -0.25) is 4.79 Å². The third kappa shape index (κ3) is 6.77. The number of hydrogen-bond acceptors (Lipinski definition) is 4. The Labute approximate surface area is 181 Å². The maximum Gasteiger partial charge on any atom is 0.416 e. The van der Waals surface area contributed by atoms with E-state index < -0.39 is 29.3 Å². The molecule has 2 amide bonds. The SMILES string of the molecule is CC(C)CN(C(=O)c1ccc(C(F)(F)F)cc1N)C1CCCN(C(=O)OC(C)(C)C)C1. The molecule has 1 fully saturated rings. The molecule has 31 heavy (non-hydrogen) atoms. The number of alkyl halides is 3. The first-order valence-electron chi connectivity index (χ1n) is 10.4. The smallest absolute Gasteiger partial charge is 0.416 e. The van der Waals surface area contributed by atoms with Crippen LogP contribution in [-0.4, -0.2) is 53.1 Å². The first kappa shape index (κ1) is 24.8. The molecule has 6 nitrogen and oxygen atoms in total. The van der Waals surface area contributed by atoms with Gasteiger partial charge in [0.2, 0.25) is 0 Å². The minimum absolute atomic E-state index is 0.0306. The van der Waals surface area contributed by atoms with E-state index in [2.05, 4.69) is 0 Å². The average Bonchev–Trinajstić information content (AvgIpc) is 2.63. The number of benzene rings is 1. The summed E-state index contributed by atoms with van der Waals surface area (Å²) >= 11 is 0. The Morgan fingerprint density at radius 2 is 1.90 bits per heavy atom. The number of nitrogens with two attached hydrogens (primary N) is 1. The summed E-state index contributed by atoms with van der Waals surface area (Å²) in [6, 6.07) is 2.50. The Morgan fingerprint density at radius 1 is 1.26 bits per heavy atom. The summed E-state index contributed by atoms with van der Waals surface area (Å²) in [4.78, 5) is 29.0. The largest absolute Gasteiger partial charge is 0.444 e. The zero-order valence-electron chi connectivity index (χ0n) is 18.8. The van der Waals surface area contributed by atoms with Gasteiger partial charge in [-0.25, -0.2) is 4.79 Å². The number of hydrogen-bond donors (Lipinski definition) is 1. The van der Waals surface area contributed by atoms with Crippen LogP contribution in [0.15, 0.2) is 18.2 Å². The van der Waals surface area contributed by atoms with Crippen molar-refractivity contribution in [1.29, 1.82) is 0 Å². The van der Waals surface area contributed by atoms with Gasteiger partial charge in [-0.05, 0) is 57.7 Å². The number of likely N-dealkylation sites (tertiary alicyclic amines) is 1. The topological polar surface area (TPSA) is 75.9 Å². The highest BCUT2D eigenvalue weighted by atomic mass is 19.4. The summed E-state index contributed by atoms with van der Waals surface area (Å²) in [6.45, 7) is 10.5. The van der Waals surface area contributed by atoms with Crippen LogP contribution in [-0.2, 0) is 10.9 Å². The second-order valence-electron chi connectivity index (χ2n) is 9.37. The van der Waals surface area contributed by atoms with Gasteiger partial charge in [-0.1, -0.05) is 13.8 Å². The molecule has 1 aliphatic heterocycles. The molecule has 9 heteroatoms. The van der Waals surface area contributed by atoms with Crippen molar-refractivity contribution in [2.75, 3.05) is 25.4 Å². The lowest BCUT2D eigenvalue weighted by molar-refractivity contribution is -0.137. The molecule has 1 aromatic carbocycles. The first-order valence-corrected chi connectivity index (χ1v) is 10.4. The van der Waals surface area contributed by atoms with E-state index in [-0.39, 0.29) is 23.2 Å². The van der Waals surface area contributed by atoms with Crippen LogP contribution >= 0.6 is 0 Å². The number of halogens is 3. The quantitative estimate of drug-likeness (QED) is 0.679. The number of anilines is 1. The van der Waals surface area contributed by atoms with Crippen LogP contribution in [0.1, 0.15) is 63.4 Å². The number of carbonyl (C=O) groups is 2. The van der Waals surface area contributed by atoms with E-state index in [9.17, 15) is 22.8 Å². The highest BCUT2D eigenvalue weighted by Gasteiger charge is 2.35. The van der Waals surface area contributed by atoms with Crippen molar-refractivity contribution >= 4 is 17.7 Å². The summed E-state index contributed by atoms with van der Waals surface area (Å²) in [5.41, 5.74) is 4.12. The molecule has 1 heterocycles. The van der Waals surface area contributed by atoms with Crippen LogP contribution in [0.25, 0.3) is 0 Å². The van der Waals surface area contributed by atoms with E-state index >= 15 is 0 Å². The van der Waals surface area contributed by atoms with Crippen molar-refractivity contribution < 1.29 is 27.5 Å². The molecule has 1 aliphatic rings. The highest BCUT2D eigenvalue weighted by Crippen LogP contribution is 2.32. The Bertz CT molecular complexity index is 803. The van der Waals surface area contributed by atoms with E-state index in [1.807, 2.05) is 13.8 Å². The lowest BCUT2D eigenvalue weighted by atomic mass is 10.00. The van der Waals surface area contributed by atoms with Gasteiger partial charge >= 0.3 is 12.3 Å². The number of rotatable bonds is 4. The third-order valence-electron chi connectivity index (χ3n) is 4.92. The first-order chi connectivity index (χ1) is 14.2. The lowest BCUT2D eigenvalue weighted by Crippen LogP contribution is -2.53. The molecular weight excluding hydrogens is 411 g/mol. The number of nitrogen functional groups attached to an aromatic ring is 1. The number of ether oxygens (including phenoxy) is 1. The minimum Gasteiger partial charge on any atom is -0.444 e. The van der Waals surface area contributed by atoms with Gasteiger partial charge in [0.25, 0.3) is 5.91 Å². The molecule has 1 unspecified atom stereocenters. The molecule has 0 saturated carbocycles. The standard InChI is InChI=1S/C22H32F3N3O3/c1-14(2)12-28(16-7-6-10-27(13-16)20(30)31-21(3,4)5)19(29)17-9-8-15(11-18(17)26)22(23,24)25/h8-9,11,14,16H,6-7,10,12-13,26H2,1-5H3. The molecule has 0 aliphatic carbocycles. The van der Waals surface area contributed by atoms with E-state index in [0.717, 1.165) is 18.2 Å². The Morgan fingerprint density at radius 3 is 2.42 bits per heavy atom. The van der Waals surface area contributed by atoms with Crippen LogP contribution in [0.5, 0.6) is 0 Å². The summed E-state index contributed by atoms with van der Waals surface area (Å²) in [6.07, 6.45) is -3.61. The number of nitrogens with zero attached hydrogens (tertiary/aromatic N) is 2. The van der Waals surface area contributed by atoms with Crippen LogP contribution in [0, 0.1) is 5.92 Å². The predicted octanol–water partition coefficient (Wildman–Crippen LogP) is 4.79. The van der Waals surface area contributed by atoms with Crippen LogP contribution < -0.4 is 5.73 Å². The Kier molecular flexibility index (Phi) is 7.49. The molecule has 0 radical (unpaired) electrons. The maximum atomic E-state index is 13.3. The molecule has 2 rings (SSSR count). The molecule has 0 aromatic heterocycles. The summed E-state index contributed by atoms with van der Waals surface area (Å²) in [5.74, 6) is -0.313. The molecule has 1 aromatic rings. The zero-order valence-corrected chi connectivity index (χ0v) is 18.8. The van der Waals surface area contributed by atoms with Gasteiger partial charge in [0.15, 0.2) is 0 Å². The molecule has 2 N–H and O–H groups in total. The van der Waals surface area contributed by atoms with E-state index in [4.69, 9.17) is 10.5 Å². The van der Waals surface area contributed by atoms with Crippen LogP contribution in [0.4, 0.5) is 23.7 Å². The number of amides is 2. The molecular formula is C22H32F3N3O3. The summed E-state index contributed by atoms with van der Waals surface area (Å²) in [5, 5.41) is 0. The maximum absolute atomic E-state index is 13.3. The fraction of sp³-hybridized carbons (Fsp3) is 0.636. The fourth-order valence-electron chi connectivity index (χ4n) is 3.58. The Balaban J connectivity index is 2.27. The molecule has 0 spiro atoms. The second-order valence-corrected chi connectivity index (χ2v) is 9.37. The monoisotopic (exact) mass is 443 g/mol. The number of carbonyl (C=O) groups excluding carboxylic acids is 2.